The fourth-order valence-electron chi connectivity index (χ4n) is 4.42. The van der Waals surface area contributed by atoms with E-state index in [4.69, 9.17) is 21.7 Å². The van der Waals surface area contributed by atoms with E-state index in [1.54, 1.807) is 7.11 Å². The van der Waals surface area contributed by atoms with E-state index in [9.17, 15) is 0 Å². The number of hydrogen-bond donors (Lipinski definition) is 1. The van der Waals surface area contributed by atoms with Crippen LogP contribution in [0.3, 0.4) is 0 Å². The maximum atomic E-state index is 5.91. The molecule has 0 spiro atoms. The second kappa shape index (κ2) is 13.1. The molecule has 1 aromatic rings. The number of ether oxygens (including phenoxy) is 2. The number of morpholine rings is 1. The highest BCUT2D eigenvalue weighted by atomic mass is 32.1. The predicted octanol–water partition coefficient (Wildman–Crippen LogP) is 4.21. The first kappa shape index (κ1) is 23.3. The molecule has 1 heterocycles. The summed E-state index contributed by atoms with van der Waals surface area (Å²) in [7, 11) is 1.72. The van der Waals surface area contributed by atoms with Crippen molar-refractivity contribution >= 4 is 17.3 Å². The van der Waals surface area contributed by atoms with Gasteiger partial charge in [0.25, 0.3) is 0 Å². The van der Waals surface area contributed by atoms with Crippen LogP contribution in [0.5, 0.6) is 5.75 Å². The van der Waals surface area contributed by atoms with Crippen molar-refractivity contribution < 1.29 is 9.47 Å². The largest absolute Gasteiger partial charge is 0.497 e. The van der Waals surface area contributed by atoms with Crippen LogP contribution >= 0.6 is 12.2 Å². The normalized spacial score (nSPS) is 19.0. The van der Waals surface area contributed by atoms with E-state index in [1.165, 1.54) is 50.5 Å². The Bertz CT molecular complexity index is 629. The Labute approximate surface area is 188 Å². The van der Waals surface area contributed by atoms with Gasteiger partial charge in [-0.05, 0) is 49.2 Å². The van der Waals surface area contributed by atoms with Crippen LogP contribution in [0.15, 0.2) is 24.3 Å². The zero-order chi connectivity index (χ0) is 21.0. The van der Waals surface area contributed by atoms with Gasteiger partial charge in [0.15, 0.2) is 5.11 Å². The smallest absolute Gasteiger partial charge is 0.169 e. The second-order valence-corrected chi connectivity index (χ2v) is 8.96. The highest BCUT2D eigenvalue weighted by Crippen LogP contribution is 2.19. The summed E-state index contributed by atoms with van der Waals surface area (Å²) < 4.78 is 10.9. The average molecular weight is 434 g/mol. The van der Waals surface area contributed by atoms with E-state index in [1.807, 2.05) is 6.07 Å². The molecule has 0 amide bonds. The first-order valence-electron chi connectivity index (χ1n) is 11.7. The highest BCUT2D eigenvalue weighted by molar-refractivity contribution is 7.80. The quantitative estimate of drug-likeness (QED) is 0.619. The lowest BCUT2D eigenvalue weighted by Gasteiger charge is -2.32. The first-order chi connectivity index (χ1) is 14.7. The van der Waals surface area contributed by atoms with Crippen LogP contribution in [0.1, 0.15) is 56.9 Å². The van der Waals surface area contributed by atoms with Gasteiger partial charge < -0.3 is 19.7 Å². The van der Waals surface area contributed by atoms with Crippen molar-refractivity contribution in [1.29, 1.82) is 0 Å². The van der Waals surface area contributed by atoms with Crippen LogP contribution in [0.25, 0.3) is 0 Å². The standard InChI is InChI=1S/C24H39N3O2S/c1-28-23-12-7-9-21(19-23)20-27(14-8-13-26-15-17-29-18-16-26)24(30)25-22-10-5-3-2-4-6-11-22/h7,9,12,19,22H,2-6,8,10-11,13-18,20H2,1H3,(H,25,30). The Hall–Kier alpha value is -1.37. The van der Waals surface area contributed by atoms with Crippen molar-refractivity contribution in [2.24, 2.45) is 0 Å². The molecular weight excluding hydrogens is 394 g/mol. The number of hydrogen-bond acceptors (Lipinski definition) is 4. The Morgan fingerprint density at radius 1 is 1.17 bits per heavy atom. The van der Waals surface area contributed by atoms with Gasteiger partial charge in [-0.3, -0.25) is 4.90 Å². The monoisotopic (exact) mass is 433 g/mol. The van der Waals surface area contributed by atoms with Gasteiger partial charge in [-0.2, -0.15) is 0 Å². The molecule has 6 heteroatoms. The van der Waals surface area contributed by atoms with E-state index in [2.05, 4.69) is 33.3 Å². The summed E-state index contributed by atoms with van der Waals surface area (Å²) in [5.74, 6) is 0.902. The zero-order valence-corrected chi connectivity index (χ0v) is 19.4. The predicted molar refractivity (Wildman–Crippen MR) is 127 cm³/mol. The molecule has 1 aliphatic heterocycles. The van der Waals surface area contributed by atoms with E-state index in [-0.39, 0.29) is 0 Å². The average Bonchev–Trinajstić information content (AvgIpc) is 2.75. The van der Waals surface area contributed by atoms with E-state index < -0.39 is 0 Å². The van der Waals surface area contributed by atoms with Gasteiger partial charge in [-0.1, -0.05) is 44.2 Å². The van der Waals surface area contributed by atoms with Crippen LogP contribution in [0, 0.1) is 0 Å². The molecule has 5 nitrogen and oxygen atoms in total. The minimum atomic E-state index is 0.518. The Kier molecular flexibility index (Phi) is 10.2. The third kappa shape index (κ3) is 8.05. The van der Waals surface area contributed by atoms with E-state index in [0.29, 0.717) is 6.04 Å². The van der Waals surface area contributed by atoms with Gasteiger partial charge in [0, 0.05) is 38.8 Å². The van der Waals surface area contributed by atoms with Crippen molar-refractivity contribution in [1.82, 2.24) is 15.1 Å². The number of rotatable bonds is 8. The Morgan fingerprint density at radius 3 is 2.63 bits per heavy atom. The topological polar surface area (TPSA) is 37.0 Å². The molecule has 1 saturated heterocycles. The van der Waals surface area contributed by atoms with E-state index >= 15 is 0 Å². The molecule has 2 fully saturated rings. The van der Waals surface area contributed by atoms with Crippen LogP contribution < -0.4 is 10.1 Å². The molecule has 0 radical (unpaired) electrons. The minimum Gasteiger partial charge on any atom is -0.497 e. The number of methoxy groups -OCH3 is 1. The lowest BCUT2D eigenvalue weighted by atomic mass is 9.97. The lowest BCUT2D eigenvalue weighted by Crippen LogP contribution is -2.45. The molecule has 1 aliphatic carbocycles. The molecule has 3 rings (SSSR count). The van der Waals surface area contributed by atoms with Crippen LogP contribution in [0.2, 0.25) is 0 Å². The first-order valence-corrected chi connectivity index (χ1v) is 12.1. The van der Waals surface area contributed by atoms with Crippen LogP contribution in [-0.4, -0.2) is 67.5 Å². The maximum absolute atomic E-state index is 5.91. The van der Waals surface area contributed by atoms with Crippen molar-refractivity contribution in [2.45, 2.75) is 64.0 Å². The highest BCUT2D eigenvalue weighted by Gasteiger charge is 2.18. The summed E-state index contributed by atoms with van der Waals surface area (Å²) in [5, 5.41) is 4.62. The van der Waals surface area contributed by atoms with Crippen LogP contribution in [-0.2, 0) is 11.3 Å². The van der Waals surface area contributed by atoms with Crippen molar-refractivity contribution in [3.05, 3.63) is 29.8 Å². The number of nitrogens with zero attached hydrogens (tertiary/aromatic N) is 2. The molecule has 1 aromatic carbocycles. The molecule has 0 unspecified atom stereocenters. The van der Waals surface area contributed by atoms with Gasteiger partial charge >= 0.3 is 0 Å². The third-order valence-electron chi connectivity index (χ3n) is 6.23. The summed E-state index contributed by atoms with van der Waals surface area (Å²) in [6.07, 6.45) is 10.3. The van der Waals surface area contributed by atoms with Gasteiger partial charge in [0.1, 0.15) is 5.75 Å². The number of thiocarbonyl (C=S) groups is 1. The molecule has 1 saturated carbocycles. The molecule has 168 valence electrons. The fourth-order valence-corrected chi connectivity index (χ4v) is 4.74. The van der Waals surface area contributed by atoms with Gasteiger partial charge in [0.05, 0.1) is 20.3 Å². The fraction of sp³-hybridized carbons (Fsp3) is 0.708. The molecule has 0 atom stereocenters. The van der Waals surface area contributed by atoms with Crippen molar-refractivity contribution in [3.8, 4) is 5.75 Å². The number of benzene rings is 1. The Balaban J connectivity index is 1.58. The van der Waals surface area contributed by atoms with Crippen LogP contribution in [0.4, 0.5) is 0 Å². The summed E-state index contributed by atoms with van der Waals surface area (Å²) >= 11 is 5.91. The summed E-state index contributed by atoms with van der Waals surface area (Å²) in [4.78, 5) is 4.85. The summed E-state index contributed by atoms with van der Waals surface area (Å²) in [6, 6.07) is 8.86. The zero-order valence-electron chi connectivity index (χ0n) is 18.6. The van der Waals surface area contributed by atoms with Gasteiger partial charge in [-0.15, -0.1) is 0 Å². The molecule has 30 heavy (non-hydrogen) atoms. The SMILES string of the molecule is COc1cccc(CN(CCCN2CCOCC2)C(=S)NC2CCCCCCC2)c1. The summed E-state index contributed by atoms with van der Waals surface area (Å²) in [5.41, 5.74) is 1.24. The van der Waals surface area contributed by atoms with Crippen molar-refractivity contribution in [2.75, 3.05) is 46.5 Å². The molecule has 0 bridgehead atoms. The third-order valence-corrected chi connectivity index (χ3v) is 6.61. The summed E-state index contributed by atoms with van der Waals surface area (Å²) in [6.45, 7) is 6.68. The number of nitrogens with one attached hydrogen (secondary N) is 1. The second-order valence-electron chi connectivity index (χ2n) is 8.57. The Morgan fingerprint density at radius 2 is 1.90 bits per heavy atom. The van der Waals surface area contributed by atoms with Crippen molar-refractivity contribution in [3.63, 3.8) is 0 Å². The molecular formula is C24H39N3O2S. The maximum Gasteiger partial charge on any atom is 0.169 e. The molecule has 0 aromatic heterocycles. The van der Waals surface area contributed by atoms with E-state index in [0.717, 1.165) is 63.2 Å². The molecule has 1 N–H and O–H groups in total. The minimum absolute atomic E-state index is 0.518. The van der Waals surface area contributed by atoms with Gasteiger partial charge in [0.2, 0.25) is 0 Å². The molecule has 2 aliphatic rings. The lowest BCUT2D eigenvalue weighted by molar-refractivity contribution is 0.0367. The van der Waals surface area contributed by atoms with Gasteiger partial charge in [-0.25, -0.2) is 0 Å².